The molecule has 4 heteroatoms. The molecule has 4 heterocycles. The molecular formula is C50H42N4. The van der Waals surface area contributed by atoms with E-state index >= 15 is 0 Å². The van der Waals surface area contributed by atoms with Crippen molar-refractivity contribution in [1.82, 2.24) is 9.97 Å². The van der Waals surface area contributed by atoms with E-state index in [0.29, 0.717) is 0 Å². The first kappa shape index (κ1) is 31.5. The van der Waals surface area contributed by atoms with Gasteiger partial charge < -0.3 is 9.80 Å². The van der Waals surface area contributed by atoms with E-state index in [0.717, 1.165) is 26.2 Å². The topological polar surface area (TPSA) is 32.3 Å². The Hall–Kier alpha value is -6.00. The molecule has 4 nitrogen and oxygen atoms in total. The fraction of sp³-hybridized carbons (Fsp3) is 0.200. The second-order valence-electron chi connectivity index (χ2n) is 15.4. The molecule has 0 bridgehead atoms. The third-order valence-electron chi connectivity index (χ3n) is 12.4. The number of hydrogen-bond donors (Lipinski definition) is 0. The highest BCUT2D eigenvalue weighted by molar-refractivity contribution is 6.31. The van der Waals surface area contributed by atoms with Crippen molar-refractivity contribution in [1.29, 1.82) is 0 Å². The Labute approximate surface area is 315 Å². The first-order chi connectivity index (χ1) is 26.8. The molecule has 54 heavy (non-hydrogen) atoms. The molecule has 262 valence electrons. The van der Waals surface area contributed by atoms with Crippen LogP contribution in [0.15, 0.2) is 134 Å². The van der Waals surface area contributed by atoms with Crippen LogP contribution in [0.1, 0.15) is 38.5 Å². The van der Waals surface area contributed by atoms with E-state index in [1.165, 1.54) is 137 Å². The van der Waals surface area contributed by atoms with E-state index < -0.39 is 0 Å². The molecule has 7 aromatic carbocycles. The van der Waals surface area contributed by atoms with Crippen molar-refractivity contribution in [3.05, 3.63) is 134 Å². The molecule has 0 N–H and O–H groups in total. The third-order valence-corrected chi connectivity index (χ3v) is 12.4. The lowest BCUT2D eigenvalue weighted by Crippen LogP contribution is -2.29. The number of piperidine rings is 2. The van der Waals surface area contributed by atoms with Gasteiger partial charge in [0.1, 0.15) is 0 Å². The quantitative estimate of drug-likeness (QED) is 0.171. The summed E-state index contributed by atoms with van der Waals surface area (Å²) in [5.41, 5.74) is 7.75. The Morgan fingerprint density at radius 1 is 0.333 bits per heavy atom. The molecule has 2 aliphatic heterocycles. The maximum atomic E-state index is 4.74. The molecular weight excluding hydrogens is 657 g/mol. The van der Waals surface area contributed by atoms with Gasteiger partial charge in [-0.1, -0.05) is 60.7 Å². The van der Waals surface area contributed by atoms with Crippen LogP contribution < -0.4 is 9.80 Å². The zero-order chi connectivity index (χ0) is 35.6. The molecule has 0 unspecified atom stereocenters. The minimum Gasteiger partial charge on any atom is -0.372 e. The van der Waals surface area contributed by atoms with Gasteiger partial charge >= 0.3 is 0 Å². The lowest BCUT2D eigenvalue weighted by molar-refractivity contribution is 0.578. The molecule has 2 saturated heterocycles. The summed E-state index contributed by atoms with van der Waals surface area (Å²) in [4.78, 5) is 14.7. The highest BCUT2D eigenvalue weighted by atomic mass is 15.1. The van der Waals surface area contributed by atoms with Crippen LogP contribution in [0.2, 0.25) is 0 Å². The van der Waals surface area contributed by atoms with Crippen molar-refractivity contribution in [2.75, 3.05) is 36.0 Å². The fourth-order valence-electron chi connectivity index (χ4n) is 9.79. The molecule has 9 aromatic rings. The maximum Gasteiger partial charge on any atom is 0.0372 e. The van der Waals surface area contributed by atoms with Crippen molar-refractivity contribution < 1.29 is 0 Å². The number of rotatable bonds is 4. The van der Waals surface area contributed by atoms with Crippen molar-refractivity contribution in [3.8, 4) is 22.3 Å². The Morgan fingerprint density at radius 3 is 1.20 bits per heavy atom. The molecule has 2 aromatic heterocycles. The minimum absolute atomic E-state index is 1.10. The zero-order valence-corrected chi connectivity index (χ0v) is 30.6. The van der Waals surface area contributed by atoms with Crippen molar-refractivity contribution >= 4 is 76.0 Å². The lowest BCUT2D eigenvalue weighted by atomic mass is 9.81. The maximum absolute atomic E-state index is 4.74. The monoisotopic (exact) mass is 698 g/mol. The van der Waals surface area contributed by atoms with E-state index in [2.05, 4.69) is 131 Å². The molecule has 0 radical (unpaired) electrons. The molecule has 0 aliphatic carbocycles. The summed E-state index contributed by atoms with van der Waals surface area (Å²) >= 11 is 0. The van der Waals surface area contributed by atoms with E-state index in [9.17, 15) is 0 Å². The van der Waals surface area contributed by atoms with Gasteiger partial charge in [0.25, 0.3) is 0 Å². The van der Waals surface area contributed by atoms with Crippen LogP contribution in [0.4, 0.5) is 11.4 Å². The highest BCUT2D eigenvalue weighted by Crippen LogP contribution is 2.51. The number of pyridine rings is 2. The van der Waals surface area contributed by atoms with Crippen LogP contribution in [0, 0.1) is 0 Å². The highest BCUT2D eigenvalue weighted by Gasteiger charge is 2.25. The van der Waals surface area contributed by atoms with Crippen LogP contribution in [0.5, 0.6) is 0 Å². The fourth-order valence-corrected chi connectivity index (χ4v) is 9.79. The van der Waals surface area contributed by atoms with Crippen LogP contribution in [0.25, 0.3) is 86.9 Å². The number of aromatic nitrogens is 2. The van der Waals surface area contributed by atoms with Crippen LogP contribution in [-0.4, -0.2) is 36.1 Å². The molecule has 11 rings (SSSR count). The first-order valence-corrected chi connectivity index (χ1v) is 19.9. The predicted octanol–water partition coefficient (Wildman–Crippen LogP) is 12.7. The van der Waals surface area contributed by atoms with Gasteiger partial charge in [0.15, 0.2) is 0 Å². The van der Waals surface area contributed by atoms with E-state index in [1.54, 1.807) is 0 Å². The third kappa shape index (κ3) is 5.04. The number of benzene rings is 7. The smallest absolute Gasteiger partial charge is 0.0372 e. The average molecular weight is 699 g/mol. The summed E-state index contributed by atoms with van der Waals surface area (Å²) < 4.78 is 0. The zero-order valence-electron chi connectivity index (χ0n) is 30.6. The Kier molecular flexibility index (Phi) is 7.50. The van der Waals surface area contributed by atoms with Gasteiger partial charge in [0.2, 0.25) is 0 Å². The molecule has 0 spiro atoms. The van der Waals surface area contributed by atoms with Crippen LogP contribution in [-0.2, 0) is 0 Å². The summed E-state index contributed by atoms with van der Waals surface area (Å²) in [6, 6.07) is 41.6. The molecule has 0 saturated carbocycles. The van der Waals surface area contributed by atoms with Gasteiger partial charge in [0, 0.05) is 84.2 Å². The SMILES string of the molecule is c1ccc2c(-c3c4ccc(N5CCCCC5)cc4c(-c4c5ccccc5cc5ccncc45)c4ccc(N5CCCCC5)cc34)c3cnccc3cc2c1. The van der Waals surface area contributed by atoms with E-state index in [-0.39, 0.29) is 0 Å². The number of anilines is 2. The minimum atomic E-state index is 1.10. The van der Waals surface area contributed by atoms with E-state index in [4.69, 9.17) is 9.97 Å². The van der Waals surface area contributed by atoms with Crippen LogP contribution >= 0.6 is 0 Å². The van der Waals surface area contributed by atoms with Gasteiger partial charge in [-0.3, -0.25) is 9.97 Å². The predicted molar refractivity (Wildman–Crippen MR) is 230 cm³/mol. The largest absolute Gasteiger partial charge is 0.372 e. The standard InChI is InChI=1S/C50H42N4/c1-7-23-53(24-8-1)37-15-17-41-43(29-37)49(47-39-13-5-3-11-33(39)27-35-19-21-51-31-45(35)47)42-18-16-38(54-25-9-2-10-26-54)30-44(42)50(41)48-40-14-6-4-12-34(40)28-36-20-22-52-32-46(36)48/h3-6,11-22,27-32H,1-2,7-10,23-26H2. The van der Waals surface area contributed by atoms with Crippen molar-refractivity contribution in [3.63, 3.8) is 0 Å². The number of fused-ring (bicyclic) bond motifs is 6. The summed E-state index contributed by atoms with van der Waals surface area (Å²) in [5, 5.41) is 15.0. The van der Waals surface area contributed by atoms with Gasteiger partial charge in [-0.25, -0.2) is 0 Å². The van der Waals surface area contributed by atoms with E-state index in [1.807, 2.05) is 12.4 Å². The molecule has 0 amide bonds. The average Bonchev–Trinajstić information content (AvgIpc) is 3.24. The normalized spacial score (nSPS) is 15.3. The number of hydrogen-bond acceptors (Lipinski definition) is 4. The van der Waals surface area contributed by atoms with Crippen molar-refractivity contribution in [2.45, 2.75) is 38.5 Å². The summed E-state index contributed by atoms with van der Waals surface area (Å²) in [6.07, 6.45) is 15.6. The van der Waals surface area contributed by atoms with Gasteiger partial charge in [-0.2, -0.15) is 0 Å². The summed E-state index contributed by atoms with van der Waals surface area (Å²) in [5.74, 6) is 0. The second kappa shape index (κ2) is 12.8. The molecule has 0 atom stereocenters. The molecule has 2 aliphatic rings. The van der Waals surface area contributed by atoms with Gasteiger partial charge in [0.05, 0.1) is 0 Å². The summed E-state index contributed by atoms with van der Waals surface area (Å²) in [7, 11) is 0. The van der Waals surface area contributed by atoms with Gasteiger partial charge in [-0.05, 0) is 152 Å². The first-order valence-electron chi connectivity index (χ1n) is 19.9. The van der Waals surface area contributed by atoms with Gasteiger partial charge in [-0.15, -0.1) is 0 Å². The Morgan fingerprint density at radius 2 is 0.741 bits per heavy atom. The Balaban J connectivity index is 1.36. The van der Waals surface area contributed by atoms with Crippen LogP contribution in [0.3, 0.4) is 0 Å². The molecule has 2 fully saturated rings. The lowest BCUT2D eigenvalue weighted by Gasteiger charge is -2.31. The van der Waals surface area contributed by atoms with Crippen molar-refractivity contribution in [2.24, 2.45) is 0 Å². The Bertz CT molecular complexity index is 2610. The second-order valence-corrected chi connectivity index (χ2v) is 15.4. The summed E-state index contributed by atoms with van der Waals surface area (Å²) in [6.45, 7) is 4.39. The number of nitrogens with zero attached hydrogens (tertiary/aromatic N) is 4.